The van der Waals surface area contributed by atoms with Crippen LogP contribution in [0.2, 0.25) is 0 Å². The first-order valence-electron chi connectivity index (χ1n) is 8.25. The van der Waals surface area contributed by atoms with E-state index in [-0.39, 0.29) is 5.54 Å². The number of ether oxygens (including phenoxy) is 1. The Labute approximate surface area is 120 Å². The topological polar surface area (TPSA) is 24.5 Å². The summed E-state index contributed by atoms with van der Waals surface area (Å²) in [4.78, 5) is 2.69. The number of hydrogen-bond donors (Lipinski definition) is 1. The zero-order valence-electron chi connectivity index (χ0n) is 13.5. The van der Waals surface area contributed by atoms with E-state index in [9.17, 15) is 0 Å². The third-order valence-electron chi connectivity index (χ3n) is 4.63. The van der Waals surface area contributed by atoms with Crippen LogP contribution < -0.4 is 5.32 Å². The van der Waals surface area contributed by atoms with Gasteiger partial charge < -0.3 is 10.1 Å². The number of likely N-dealkylation sites (N-methyl/N-ethyl adjacent to an activating group) is 1. The van der Waals surface area contributed by atoms with Crippen molar-refractivity contribution in [2.45, 2.75) is 71.4 Å². The van der Waals surface area contributed by atoms with E-state index in [0.717, 1.165) is 26.2 Å². The van der Waals surface area contributed by atoms with E-state index in [4.69, 9.17) is 4.74 Å². The fourth-order valence-corrected chi connectivity index (χ4v) is 3.15. The van der Waals surface area contributed by atoms with Crippen molar-refractivity contribution in [2.24, 2.45) is 0 Å². The molecule has 0 bridgehead atoms. The largest absolute Gasteiger partial charge is 0.380 e. The van der Waals surface area contributed by atoms with Gasteiger partial charge in [-0.15, -0.1) is 0 Å². The van der Waals surface area contributed by atoms with Crippen molar-refractivity contribution in [2.75, 3.05) is 32.8 Å². The molecule has 1 fully saturated rings. The van der Waals surface area contributed by atoms with Gasteiger partial charge in [0.25, 0.3) is 0 Å². The summed E-state index contributed by atoms with van der Waals surface area (Å²) in [7, 11) is 0. The Bertz CT molecular complexity index is 229. The van der Waals surface area contributed by atoms with Gasteiger partial charge in [-0.1, -0.05) is 27.2 Å². The predicted octanol–water partition coefficient (Wildman–Crippen LogP) is 3.05. The summed E-state index contributed by atoms with van der Waals surface area (Å²) in [5.41, 5.74) is 0.226. The van der Waals surface area contributed by atoms with Crippen molar-refractivity contribution in [3.05, 3.63) is 0 Å². The normalized spacial score (nSPS) is 22.1. The van der Waals surface area contributed by atoms with E-state index >= 15 is 0 Å². The molecule has 0 spiro atoms. The summed E-state index contributed by atoms with van der Waals surface area (Å²) in [6, 6.07) is 0.437. The first-order valence-corrected chi connectivity index (χ1v) is 8.25. The van der Waals surface area contributed by atoms with Crippen LogP contribution in [-0.2, 0) is 4.74 Å². The minimum Gasteiger partial charge on any atom is -0.380 e. The molecule has 0 aromatic heterocycles. The van der Waals surface area contributed by atoms with E-state index < -0.39 is 0 Å². The summed E-state index contributed by atoms with van der Waals surface area (Å²) >= 11 is 0. The molecular weight excluding hydrogens is 236 g/mol. The lowest BCUT2D eigenvalue weighted by molar-refractivity contribution is 0.00330. The van der Waals surface area contributed by atoms with E-state index in [0.29, 0.717) is 6.04 Å². The molecule has 114 valence electrons. The fraction of sp³-hybridized carbons (Fsp3) is 1.00. The first kappa shape index (κ1) is 16.9. The van der Waals surface area contributed by atoms with Crippen molar-refractivity contribution in [3.63, 3.8) is 0 Å². The number of piperidine rings is 1. The summed E-state index contributed by atoms with van der Waals surface area (Å²) in [6.07, 6.45) is 6.38. The molecule has 0 aromatic carbocycles. The van der Waals surface area contributed by atoms with Gasteiger partial charge in [0.1, 0.15) is 0 Å². The van der Waals surface area contributed by atoms with Gasteiger partial charge in [0.2, 0.25) is 0 Å². The summed E-state index contributed by atoms with van der Waals surface area (Å²) in [5, 5.41) is 3.66. The van der Waals surface area contributed by atoms with Crippen LogP contribution in [0.25, 0.3) is 0 Å². The average Bonchev–Trinajstić information content (AvgIpc) is 2.46. The van der Waals surface area contributed by atoms with Gasteiger partial charge in [-0.3, -0.25) is 4.90 Å². The number of nitrogens with one attached hydrogen (secondary N) is 1. The Morgan fingerprint density at radius 1 is 1.16 bits per heavy atom. The maximum atomic E-state index is 5.85. The van der Waals surface area contributed by atoms with Gasteiger partial charge in [-0.2, -0.15) is 0 Å². The Kier molecular flexibility index (Phi) is 7.96. The fourth-order valence-electron chi connectivity index (χ4n) is 3.15. The van der Waals surface area contributed by atoms with Crippen molar-refractivity contribution >= 4 is 0 Å². The summed E-state index contributed by atoms with van der Waals surface area (Å²) in [5.74, 6) is 0. The smallest absolute Gasteiger partial charge is 0.0637 e. The highest BCUT2D eigenvalue weighted by Crippen LogP contribution is 2.27. The van der Waals surface area contributed by atoms with Gasteiger partial charge in [-0.05, 0) is 52.2 Å². The predicted molar refractivity (Wildman–Crippen MR) is 82.7 cm³/mol. The SMILES string of the molecule is CCCOCC(NCC)C(C)(CC)N1CCCCC1. The molecule has 3 heteroatoms. The van der Waals surface area contributed by atoms with Crippen LogP contribution in [0, 0.1) is 0 Å². The van der Waals surface area contributed by atoms with Gasteiger partial charge in [0.15, 0.2) is 0 Å². The van der Waals surface area contributed by atoms with E-state index in [1.54, 1.807) is 0 Å². The van der Waals surface area contributed by atoms with Crippen LogP contribution in [0.15, 0.2) is 0 Å². The second-order valence-electron chi connectivity index (χ2n) is 5.94. The minimum atomic E-state index is 0.226. The van der Waals surface area contributed by atoms with E-state index in [1.807, 2.05) is 0 Å². The Morgan fingerprint density at radius 2 is 1.84 bits per heavy atom. The van der Waals surface area contributed by atoms with Crippen LogP contribution in [0.1, 0.15) is 59.8 Å². The Hall–Kier alpha value is -0.120. The number of likely N-dealkylation sites (tertiary alicyclic amines) is 1. The zero-order valence-corrected chi connectivity index (χ0v) is 13.5. The molecule has 0 amide bonds. The molecule has 0 saturated carbocycles. The molecule has 2 atom stereocenters. The first-order chi connectivity index (χ1) is 9.19. The van der Waals surface area contributed by atoms with Gasteiger partial charge in [-0.25, -0.2) is 0 Å². The van der Waals surface area contributed by atoms with E-state index in [2.05, 4.69) is 37.9 Å². The molecule has 1 saturated heterocycles. The van der Waals surface area contributed by atoms with Crippen LogP contribution in [0.5, 0.6) is 0 Å². The van der Waals surface area contributed by atoms with Crippen LogP contribution >= 0.6 is 0 Å². The highest BCUT2D eigenvalue weighted by Gasteiger charge is 2.38. The highest BCUT2D eigenvalue weighted by molar-refractivity contribution is 4.97. The molecule has 0 aromatic rings. The molecule has 1 aliphatic heterocycles. The molecule has 1 heterocycles. The standard InChI is InChI=1S/C16H34N2O/c1-5-13-19-14-15(17-7-3)16(4,6-2)18-11-9-8-10-12-18/h15,17H,5-14H2,1-4H3. The molecule has 1 N–H and O–H groups in total. The van der Waals surface area contributed by atoms with Crippen molar-refractivity contribution < 1.29 is 4.74 Å². The maximum Gasteiger partial charge on any atom is 0.0637 e. The van der Waals surface area contributed by atoms with Gasteiger partial charge >= 0.3 is 0 Å². The Balaban J connectivity index is 2.67. The summed E-state index contributed by atoms with van der Waals surface area (Å²) < 4.78 is 5.85. The maximum absolute atomic E-state index is 5.85. The molecule has 2 unspecified atom stereocenters. The number of nitrogens with zero attached hydrogens (tertiary/aromatic N) is 1. The lowest BCUT2D eigenvalue weighted by Crippen LogP contribution is -2.62. The average molecular weight is 270 g/mol. The van der Waals surface area contributed by atoms with Crippen molar-refractivity contribution in [1.82, 2.24) is 10.2 Å². The molecule has 19 heavy (non-hydrogen) atoms. The quantitative estimate of drug-likeness (QED) is 0.652. The lowest BCUT2D eigenvalue weighted by atomic mass is 9.85. The molecule has 3 nitrogen and oxygen atoms in total. The second kappa shape index (κ2) is 8.93. The molecule has 1 rings (SSSR count). The zero-order chi connectivity index (χ0) is 14.1. The summed E-state index contributed by atoms with van der Waals surface area (Å²) in [6.45, 7) is 14.3. The molecule has 0 aliphatic carbocycles. The van der Waals surface area contributed by atoms with Gasteiger partial charge in [0.05, 0.1) is 6.61 Å². The number of hydrogen-bond acceptors (Lipinski definition) is 3. The third-order valence-corrected chi connectivity index (χ3v) is 4.63. The monoisotopic (exact) mass is 270 g/mol. The number of rotatable bonds is 9. The molecule has 0 radical (unpaired) electrons. The van der Waals surface area contributed by atoms with Crippen LogP contribution in [0.3, 0.4) is 0 Å². The van der Waals surface area contributed by atoms with Crippen LogP contribution in [-0.4, -0.2) is 49.3 Å². The third kappa shape index (κ3) is 4.73. The van der Waals surface area contributed by atoms with Gasteiger partial charge in [0, 0.05) is 18.2 Å². The minimum absolute atomic E-state index is 0.226. The lowest BCUT2D eigenvalue weighted by Gasteiger charge is -2.48. The second-order valence-corrected chi connectivity index (χ2v) is 5.94. The van der Waals surface area contributed by atoms with E-state index in [1.165, 1.54) is 38.8 Å². The van der Waals surface area contributed by atoms with Crippen molar-refractivity contribution in [3.8, 4) is 0 Å². The molecular formula is C16H34N2O. The molecule has 1 aliphatic rings. The Morgan fingerprint density at radius 3 is 2.37 bits per heavy atom. The van der Waals surface area contributed by atoms with Crippen molar-refractivity contribution in [1.29, 1.82) is 0 Å². The van der Waals surface area contributed by atoms with Crippen LogP contribution in [0.4, 0.5) is 0 Å². The highest BCUT2D eigenvalue weighted by atomic mass is 16.5.